The van der Waals surface area contributed by atoms with Crippen molar-refractivity contribution < 1.29 is 18.3 Å². The molecule has 62 heavy (non-hydrogen) atoms. The minimum absolute atomic E-state index is 0. The molecule has 4 aliphatic rings. The van der Waals surface area contributed by atoms with Crippen LogP contribution < -0.4 is 6.54 Å². The molecule has 0 spiro atoms. The first-order chi connectivity index (χ1) is 27.7. The fraction of sp³-hybridized carbons (Fsp3) is 0.441. The zero-order valence-corrected chi connectivity index (χ0v) is 45.4. The summed E-state index contributed by atoms with van der Waals surface area (Å²) in [6.07, 6.45) is 8.24. The molecule has 1 atom stereocenters. The summed E-state index contributed by atoms with van der Waals surface area (Å²) in [5.74, 6) is 0.321. The van der Waals surface area contributed by atoms with Crippen LogP contribution in [0.2, 0.25) is 0 Å². The molecule has 4 aromatic rings. The van der Waals surface area contributed by atoms with E-state index in [2.05, 4.69) is 203 Å². The van der Waals surface area contributed by atoms with E-state index in [0.29, 0.717) is 5.92 Å². The van der Waals surface area contributed by atoms with E-state index in [1.807, 2.05) is 0 Å². The van der Waals surface area contributed by atoms with Gasteiger partial charge in [0.15, 0.2) is 0 Å². The van der Waals surface area contributed by atoms with Crippen LogP contribution in [0.4, 0.5) is 0 Å². The molecular formula is C59H76Cl2Zr. The number of hydrogen-bond acceptors (Lipinski definition) is 0. The summed E-state index contributed by atoms with van der Waals surface area (Å²) in [6.45, 7) is 40.9. The van der Waals surface area contributed by atoms with Crippen LogP contribution in [0.5, 0.6) is 0 Å². The molecular weight excluding hydrogens is 871 g/mol. The monoisotopic (exact) mass is 944 g/mol. The average Bonchev–Trinajstić information content (AvgIpc) is 3.85. The molecule has 8 rings (SSSR count). The van der Waals surface area contributed by atoms with Crippen LogP contribution in [0.1, 0.15) is 175 Å². The first-order valence-electron chi connectivity index (χ1n) is 23.2. The topological polar surface area (TPSA) is 0 Å². The molecule has 1 unspecified atom stereocenters. The number of halogens is 2. The van der Waals surface area contributed by atoms with E-state index in [1.54, 1.807) is 12.1 Å². The van der Waals surface area contributed by atoms with E-state index in [-0.39, 0.29) is 51.9 Å². The Labute approximate surface area is 390 Å². The van der Waals surface area contributed by atoms with Crippen LogP contribution in [0.3, 0.4) is 0 Å². The van der Waals surface area contributed by atoms with Crippen molar-refractivity contribution in [3.8, 4) is 11.1 Å². The predicted octanol–water partition coefficient (Wildman–Crippen LogP) is 15.9. The summed E-state index contributed by atoms with van der Waals surface area (Å²) in [5, 5.41) is 0. The van der Waals surface area contributed by atoms with E-state index < -0.39 is 18.3 Å². The van der Waals surface area contributed by atoms with Crippen molar-refractivity contribution in [2.24, 2.45) is 11.3 Å². The van der Waals surface area contributed by atoms with Gasteiger partial charge < -0.3 is 0 Å². The summed E-state index contributed by atoms with van der Waals surface area (Å²) in [4.78, 5) is 0. The third-order valence-corrected chi connectivity index (χ3v) is 33.5. The zero-order chi connectivity index (χ0) is 43.9. The van der Waals surface area contributed by atoms with Crippen molar-refractivity contribution in [2.75, 3.05) is 0 Å². The molecule has 0 aliphatic heterocycles. The maximum atomic E-state index is 6.16. The van der Waals surface area contributed by atoms with Gasteiger partial charge in [0.2, 0.25) is 0 Å². The standard InChI is InChI=1S/C25H25.C13H21.2C10H13.CH2.2ClH.Zr/c1-14-12-24(3,4)22-8-16-7-17-9-23-19(15(2)13-25(23,5)6)11-21(17)20(16)10-18(14)22;1-6-10-8-11(7-2)12(9-10)13(3,4)5;2*1-10(2,3)9-7-5-4-6-8-9;;;;/h8-12H,7H2,1-6H3;9-10H,6-7H2,1-5H3;2*5-8H,1-3H3;1H2;2*1H;. The molecule has 0 heterocycles. The molecule has 0 N–H and O–H groups in total. The Morgan fingerprint density at radius 1 is 0.629 bits per heavy atom. The Hall–Kier alpha value is -2.83. The summed E-state index contributed by atoms with van der Waals surface area (Å²) in [7, 11) is 0. The number of benzene rings is 4. The first kappa shape index (κ1) is 48.6. The van der Waals surface area contributed by atoms with Gasteiger partial charge >= 0.3 is 368 Å². The number of fused-ring (bicyclic) bond motifs is 5. The van der Waals surface area contributed by atoms with Crippen molar-refractivity contribution in [3.05, 3.63) is 147 Å². The molecule has 0 radical (unpaired) electrons. The van der Waals surface area contributed by atoms with Gasteiger partial charge in [0.1, 0.15) is 0 Å². The van der Waals surface area contributed by atoms with Gasteiger partial charge in [-0.25, -0.2) is 0 Å². The Balaban J connectivity index is 0.00000321. The molecule has 4 aliphatic carbocycles. The van der Waals surface area contributed by atoms with Gasteiger partial charge in [0, 0.05) is 0 Å². The third-order valence-electron chi connectivity index (χ3n) is 15.8. The Kier molecular flexibility index (Phi) is 12.1. The van der Waals surface area contributed by atoms with Gasteiger partial charge in [-0.3, -0.25) is 0 Å². The van der Waals surface area contributed by atoms with Gasteiger partial charge in [0.25, 0.3) is 0 Å². The van der Waals surface area contributed by atoms with Crippen molar-refractivity contribution in [2.45, 2.75) is 159 Å². The van der Waals surface area contributed by atoms with E-state index in [9.17, 15) is 0 Å². The molecule has 0 fully saturated rings. The van der Waals surface area contributed by atoms with Gasteiger partial charge in [-0.2, -0.15) is 0 Å². The second-order valence-corrected chi connectivity index (χ2v) is 36.2. The summed E-state index contributed by atoms with van der Waals surface area (Å²) in [5.41, 5.74) is 20.4. The van der Waals surface area contributed by atoms with E-state index in [4.69, 9.17) is 4.21 Å². The van der Waals surface area contributed by atoms with Crippen LogP contribution in [0, 0.1) is 11.3 Å². The number of allylic oxidation sites excluding steroid dienone is 8. The van der Waals surface area contributed by atoms with Crippen molar-refractivity contribution in [1.82, 2.24) is 0 Å². The van der Waals surface area contributed by atoms with Crippen LogP contribution in [-0.4, -0.2) is 4.21 Å². The SMILES string of the molecule is Cl.Cl.[CH2]=[Zr]([C]1=C(CC)C(C(C)(C)C)=CC1CC)([C]1=C(C)c2cc3c(cc2C1(C)C)Cc1cc2c(cc1-3)C(C)=CC2(C)C)([c]1ccc(C(C)(C)C)cc1)[c]1ccc(C(C)(C)C)cc1. The predicted molar refractivity (Wildman–Crippen MR) is 277 cm³/mol. The Morgan fingerprint density at radius 3 is 1.53 bits per heavy atom. The molecule has 0 nitrogen and oxygen atoms in total. The second-order valence-electron chi connectivity index (χ2n) is 23.7. The Morgan fingerprint density at radius 2 is 1.10 bits per heavy atom. The van der Waals surface area contributed by atoms with E-state index in [0.717, 1.165) is 19.3 Å². The molecule has 0 amide bonds. The van der Waals surface area contributed by atoms with Gasteiger partial charge in [-0.05, 0) is 0 Å². The fourth-order valence-corrected chi connectivity index (χ4v) is 33.1. The average molecular weight is 947 g/mol. The number of hydrogen-bond donors (Lipinski definition) is 0. The quantitative estimate of drug-likeness (QED) is 0.159. The van der Waals surface area contributed by atoms with Crippen molar-refractivity contribution in [1.29, 1.82) is 0 Å². The summed E-state index contributed by atoms with van der Waals surface area (Å²) >= 11 is -5.27. The van der Waals surface area contributed by atoms with Crippen LogP contribution in [0.15, 0.2) is 103 Å². The molecule has 0 aromatic heterocycles. The third kappa shape index (κ3) is 6.86. The maximum absolute atomic E-state index is 6.16. The summed E-state index contributed by atoms with van der Waals surface area (Å²) < 4.78 is 12.4. The molecule has 0 saturated heterocycles. The molecule has 0 saturated carbocycles. The summed E-state index contributed by atoms with van der Waals surface area (Å²) in [6, 6.07) is 30.4. The first-order valence-corrected chi connectivity index (χ1v) is 29.8. The van der Waals surface area contributed by atoms with E-state index in [1.165, 1.54) is 78.9 Å². The fourth-order valence-electron chi connectivity index (χ4n) is 13.0. The van der Waals surface area contributed by atoms with Crippen LogP contribution >= 0.6 is 24.8 Å². The van der Waals surface area contributed by atoms with E-state index >= 15 is 0 Å². The normalized spacial score (nSPS) is 19.0. The molecule has 4 aromatic carbocycles. The van der Waals surface area contributed by atoms with Crippen molar-refractivity contribution >= 4 is 46.7 Å². The zero-order valence-electron chi connectivity index (χ0n) is 41.3. The van der Waals surface area contributed by atoms with Gasteiger partial charge in [-0.15, -0.1) is 24.8 Å². The van der Waals surface area contributed by atoms with Crippen molar-refractivity contribution in [3.63, 3.8) is 0 Å². The number of rotatable bonds is 6. The molecule has 330 valence electrons. The molecule has 3 heteroatoms. The van der Waals surface area contributed by atoms with Gasteiger partial charge in [0.05, 0.1) is 0 Å². The van der Waals surface area contributed by atoms with Gasteiger partial charge in [-0.1, -0.05) is 0 Å². The minimum atomic E-state index is -5.27. The van der Waals surface area contributed by atoms with Crippen LogP contribution in [-0.2, 0) is 46.4 Å². The van der Waals surface area contributed by atoms with Crippen LogP contribution in [0.25, 0.3) is 22.3 Å². The Bertz CT molecular complexity index is 2620. The second kappa shape index (κ2) is 15.4. The molecule has 0 bridgehead atoms.